The average molecular weight is 321 g/mol. The predicted octanol–water partition coefficient (Wildman–Crippen LogP) is 2.92. The third-order valence-electron chi connectivity index (χ3n) is 3.79. The first kappa shape index (κ1) is 16.1. The van der Waals surface area contributed by atoms with E-state index in [2.05, 4.69) is 9.97 Å². The molecule has 0 aliphatic rings. The molecule has 0 N–H and O–H groups in total. The molecular weight excluding hydrogens is 302 g/mol. The van der Waals surface area contributed by atoms with Gasteiger partial charge in [0.25, 0.3) is 5.91 Å². The molecule has 3 aromatic rings. The molecule has 3 rings (SSSR count). The van der Waals surface area contributed by atoms with Gasteiger partial charge in [-0.3, -0.25) is 14.8 Å². The third-order valence-corrected chi connectivity index (χ3v) is 3.79. The van der Waals surface area contributed by atoms with E-state index in [4.69, 9.17) is 4.74 Å². The highest BCUT2D eigenvalue weighted by atomic mass is 16.5. The number of fused-ring (bicyclic) bond motifs is 1. The van der Waals surface area contributed by atoms with Gasteiger partial charge >= 0.3 is 0 Å². The first-order chi connectivity index (χ1) is 11.8. The molecule has 0 saturated heterocycles. The van der Waals surface area contributed by atoms with Crippen LogP contribution in [-0.4, -0.2) is 41.0 Å². The van der Waals surface area contributed by atoms with Gasteiger partial charge in [0.15, 0.2) is 0 Å². The summed E-state index contributed by atoms with van der Waals surface area (Å²) in [6.45, 7) is 1.40. The first-order valence-corrected chi connectivity index (χ1v) is 7.81. The first-order valence-electron chi connectivity index (χ1n) is 7.81. The number of ether oxygens (including phenoxy) is 1. The summed E-state index contributed by atoms with van der Waals surface area (Å²) in [5.74, 6) is -0.0676. The quantitative estimate of drug-likeness (QED) is 0.700. The van der Waals surface area contributed by atoms with Crippen LogP contribution >= 0.6 is 0 Å². The summed E-state index contributed by atoms with van der Waals surface area (Å²) in [5, 5.41) is 0.952. The van der Waals surface area contributed by atoms with Crippen LogP contribution in [0.25, 0.3) is 10.9 Å². The monoisotopic (exact) mass is 321 g/mol. The van der Waals surface area contributed by atoms with E-state index in [1.165, 1.54) is 0 Å². The molecule has 0 bridgehead atoms. The highest BCUT2D eigenvalue weighted by Gasteiger charge is 2.19. The molecule has 0 unspecified atom stereocenters. The lowest BCUT2D eigenvalue weighted by atomic mass is 10.1. The molecule has 0 fully saturated rings. The smallest absolute Gasteiger partial charge is 0.256 e. The maximum Gasteiger partial charge on any atom is 0.256 e. The summed E-state index contributed by atoms with van der Waals surface area (Å²) in [4.78, 5) is 23.5. The zero-order chi connectivity index (χ0) is 16.8. The Morgan fingerprint density at radius 1 is 1.04 bits per heavy atom. The van der Waals surface area contributed by atoms with Gasteiger partial charge in [0.2, 0.25) is 0 Å². The Kier molecular flexibility index (Phi) is 5.13. The van der Waals surface area contributed by atoms with Crippen LogP contribution in [0, 0.1) is 0 Å². The molecule has 0 saturated carbocycles. The number of aromatic nitrogens is 2. The van der Waals surface area contributed by atoms with Crippen LogP contribution in [-0.2, 0) is 11.3 Å². The van der Waals surface area contributed by atoms with Crippen molar-refractivity contribution in [3.63, 3.8) is 0 Å². The average Bonchev–Trinajstić information content (AvgIpc) is 2.65. The van der Waals surface area contributed by atoms with Crippen molar-refractivity contribution >= 4 is 16.8 Å². The van der Waals surface area contributed by atoms with E-state index in [0.717, 1.165) is 11.1 Å². The van der Waals surface area contributed by atoms with Crippen LogP contribution in [0.2, 0.25) is 0 Å². The summed E-state index contributed by atoms with van der Waals surface area (Å²) in [6.07, 6.45) is 3.44. The van der Waals surface area contributed by atoms with Crippen molar-refractivity contribution < 1.29 is 9.53 Å². The van der Waals surface area contributed by atoms with Crippen molar-refractivity contribution in [2.75, 3.05) is 20.3 Å². The summed E-state index contributed by atoms with van der Waals surface area (Å²) in [7, 11) is 1.63. The van der Waals surface area contributed by atoms with Crippen LogP contribution in [0.3, 0.4) is 0 Å². The SMILES string of the molecule is COCCN(Cc1ccccn1)C(=O)c1cccc2cccnc12. The zero-order valence-corrected chi connectivity index (χ0v) is 13.6. The lowest BCUT2D eigenvalue weighted by Crippen LogP contribution is -2.34. The molecule has 1 amide bonds. The van der Waals surface area contributed by atoms with Crippen molar-refractivity contribution in [3.8, 4) is 0 Å². The van der Waals surface area contributed by atoms with Gasteiger partial charge in [0.1, 0.15) is 0 Å². The van der Waals surface area contributed by atoms with Crippen molar-refractivity contribution in [3.05, 3.63) is 72.2 Å². The molecule has 122 valence electrons. The number of rotatable bonds is 6. The fraction of sp³-hybridized carbons (Fsp3) is 0.211. The van der Waals surface area contributed by atoms with E-state index in [1.807, 2.05) is 48.5 Å². The molecule has 0 aliphatic carbocycles. The van der Waals surface area contributed by atoms with Crippen molar-refractivity contribution in [2.45, 2.75) is 6.54 Å². The van der Waals surface area contributed by atoms with Gasteiger partial charge in [-0.15, -0.1) is 0 Å². The van der Waals surface area contributed by atoms with Crippen molar-refractivity contribution in [1.29, 1.82) is 0 Å². The fourth-order valence-corrected chi connectivity index (χ4v) is 2.59. The molecule has 1 aromatic carbocycles. The van der Waals surface area contributed by atoms with Crippen LogP contribution in [0.15, 0.2) is 60.9 Å². The van der Waals surface area contributed by atoms with Gasteiger partial charge in [0.05, 0.1) is 29.9 Å². The molecule has 0 aliphatic heterocycles. The molecule has 0 atom stereocenters. The van der Waals surface area contributed by atoms with Crippen molar-refractivity contribution in [1.82, 2.24) is 14.9 Å². The Balaban J connectivity index is 1.92. The molecule has 2 heterocycles. The Bertz CT molecular complexity index is 816. The van der Waals surface area contributed by atoms with E-state index in [9.17, 15) is 4.79 Å². The van der Waals surface area contributed by atoms with Gasteiger partial charge in [-0.1, -0.05) is 24.3 Å². The van der Waals surface area contributed by atoms with Crippen molar-refractivity contribution in [2.24, 2.45) is 0 Å². The van der Waals surface area contributed by atoms with E-state index >= 15 is 0 Å². The molecule has 5 heteroatoms. The number of para-hydroxylation sites is 1. The van der Waals surface area contributed by atoms with E-state index in [0.29, 0.717) is 30.8 Å². The molecule has 5 nitrogen and oxygen atoms in total. The number of pyridine rings is 2. The Morgan fingerprint density at radius 3 is 2.67 bits per heavy atom. The number of carbonyl (C=O) groups is 1. The van der Waals surface area contributed by atoms with Gasteiger partial charge in [-0.05, 0) is 24.3 Å². The topological polar surface area (TPSA) is 55.3 Å². The fourth-order valence-electron chi connectivity index (χ4n) is 2.59. The largest absolute Gasteiger partial charge is 0.383 e. The minimum atomic E-state index is -0.0676. The minimum absolute atomic E-state index is 0.0676. The number of methoxy groups -OCH3 is 1. The Labute approximate surface area is 140 Å². The standard InChI is InChI=1S/C19H19N3O2/c1-24-13-12-22(14-16-8-2-3-10-20-16)19(23)17-9-4-6-15-7-5-11-21-18(15)17/h2-11H,12-14H2,1H3. The van der Waals surface area contributed by atoms with E-state index in [-0.39, 0.29) is 5.91 Å². The Morgan fingerprint density at radius 2 is 1.88 bits per heavy atom. The number of hydrogen-bond acceptors (Lipinski definition) is 4. The zero-order valence-electron chi connectivity index (χ0n) is 13.6. The van der Waals surface area contributed by atoms with Crippen LogP contribution in [0.5, 0.6) is 0 Å². The van der Waals surface area contributed by atoms with E-state index < -0.39 is 0 Å². The molecule has 2 aromatic heterocycles. The number of carbonyl (C=O) groups excluding carboxylic acids is 1. The summed E-state index contributed by atoms with van der Waals surface area (Å²) in [5.41, 5.74) is 2.16. The maximum absolute atomic E-state index is 13.1. The normalized spacial score (nSPS) is 10.7. The summed E-state index contributed by atoms with van der Waals surface area (Å²) in [6, 6.07) is 15.2. The third kappa shape index (κ3) is 3.58. The van der Waals surface area contributed by atoms with Crippen LogP contribution in [0.1, 0.15) is 16.1 Å². The Hall–Kier alpha value is -2.79. The predicted molar refractivity (Wildman–Crippen MR) is 92.6 cm³/mol. The van der Waals surface area contributed by atoms with Gasteiger partial charge in [-0.25, -0.2) is 0 Å². The molecule has 0 spiro atoms. The molecule has 0 radical (unpaired) electrons. The lowest BCUT2D eigenvalue weighted by Gasteiger charge is -2.22. The second kappa shape index (κ2) is 7.66. The number of nitrogens with zero attached hydrogens (tertiary/aromatic N) is 3. The second-order valence-electron chi connectivity index (χ2n) is 5.42. The highest BCUT2D eigenvalue weighted by molar-refractivity contribution is 6.05. The van der Waals surface area contributed by atoms with Gasteiger partial charge in [0, 0.05) is 31.4 Å². The van der Waals surface area contributed by atoms with Gasteiger partial charge in [-0.2, -0.15) is 0 Å². The highest BCUT2D eigenvalue weighted by Crippen LogP contribution is 2.18. The lowest BCUT2D eigenvalue weighted by molar-refractivity contribution is 0.0679. The van der Waals surface area contributed by atoms with Crippen LogP contribution < -0.4 is 0 Å². The number of hydrogen-bond donors (Lipinski definition) is 0. The van der Waals surface area contributed by atoms with Crippen LogP contribution in [0.4, 0.5) is 0 Å². The second-order valence-corrected chi connectivity index (χ2v) is 5.42. The summed E-state index contributed by atoms with van der Waals surface area (Å²) < 4.78 is 5.15. The minimum Gasteiger partial charge on any atom is -0.383 e. The summed E-state index contributed by atoms with van der Waals surface area (Å²) >= 11 is 0. The molecule has 24 heavy (non-hydrogen) atoms. The number of benzene rings is 1. The van der Waals surface area contributed by atoms with Gasteiger partial charge < -0.3 is 9.64 Å². The maximum atomic E-state index is 13.1. The molecular formula is C19H19N3O2. The number of amides is 1. The van der Waals surface area contributed by atoms with E-state index in [1.54, 1.807) is 24.4 Å².